The first-order valence-electron chi connectivity index (χ1n) is 4.20. The maximum Gasteiger partial charge on any atom is 0.255 e. The van der Waals surface area contributed by atoms with Gasteiger partial charge >= 0.3 is 0 Å². The fourth-order valence-electron chi connectivity index (χ4n) is 1.20. The minimum Gasteiger partial charge on any atom is -0.376 e. The van der Waals surface area contributed by atoms with Crippen LogP contribution in [0.1, 0.15) is 18.2 Å². The van der Waals surface area contributed by atoms with Crippen LogP contribution in [0.5, 0.6) is 0 Å². The Labute approximate surface area is 86.7 Å². The van der Waals surface area contributed by atoms with Gasteiger partial charge in [0.1, 0.15) is 0 Å². The highest BCUT2D eigenvalue weighted by Gasteiger charge is 2.05. The van der Waals surface area contributed by atoms with Crippen LogP contribution in [0.2, 0.25) is 0 Å². The SMILES string of the molecule is CCc1c(C)nc(NC(N)=S)[nH]c1=O. The van der Waals surface area contributed by atoms with Gasteiger partial charge in [0.2, 0.25) is 5.95 Å². The molecule has 4 N–H and O–H groups in total. The first kappa shape index (κ1) is 10.6. The maximum atomic E-state index is 11.5. The topological polar surface area (TPSA) is 83.8 Å². The number of nitrogens with two attached hydrogens (primary N) is 1. The van der Waals surface area contributed by atoms with Crippen LogP contribution >= 0.6 is 12.2 Å². The van der Waals surface area contributed by atoms with E-state index in [-0.39, 0.29) is 16.6 Å². The zero-order valence-electron chi connectivity index (χ0n) is 8.05. The van der Waals surface area contributed by atoms with Crippen molar-refractivity contribution in [2.75, 3.05) is 5.32 Å². The number of H-pyrrole nitrogens is 1. The molecule has 0 aromatic carbocycles. The van der Waals surface area contributed by atoms with Gasteiger partial charge in [-0.15, -0.1) is 0 Å². The number of aromatic amines is 1. The van der Waals surface area contributed by atoms with E-state index in [1.54, 1.807) is 6.92 Å². The average molecular weight is 212 g/mol. The van der Waals surface area contributed by atoms with Crippen molar-refractivity contribution in [2.45, 2.75) is 20.3 Å². The predicted molar refractivity (Wildman–Crippen MR) is 59.4 cm³/mol. The smallest absolute Gasteiger partial charge is 0.255 e. The van der Waals surface area contributed by atoms with Crippen LogP contribution in [-0.4, -0.2) is 15.1 Å². The molecule has 1 aromatic rings. The lowest BCUT2D eigenvalue weighted by Gasteiger charge is -2.05. The molecule has 0 saturated carbocycles. The monoisotopic (exact) mass is 212 g/mol. The Bertz CT molecular complexity index is 412. The summed E-state index contributed by atoms with van der Waals surface area (Å²) in [4.78, 5) is 18.1. The largest absolute Gasteiger partial charge is 0.376 e. The molecular weight excluding hydrogens is 200 g/mol. The van der Waals surface area contributed by atoms with Crippen LogP contribution < -0.4 is 16.6 Å². The highest BCUT2D eigenvalue weighted by molar-refractivity contribution is 7.80. The van der Waals surface area contributed by atoms with Gasteiger partial charge < -0.3 is 11.1 Å². The first-order valence-corrected chi connectivity index (χ1v) is 4.61. The zero-order valence-corrected chi connectivity index (χ0v) is 8.86. The summed E-state index contributed by atoms with van der Waals surface area (Å²) in [5, 5.41) is 2.66. The van der Waals surface area contributed by atoms with Gasteiger partial charge in [-0.3, -0.25) is 9.78 Å². The second-order valence-electron chi connectivity index (χ2n) is 2.82. The van der Waals surface area contributed by atoms with Crippen molar-refractivity contribution < 1.29 is 0 Å². The minimum absolute atomic E-state index is 0.0804. The number of thiocarbonyl (C=S) groups is 1. The quantitative estimate of drug-likeness (QED) is 0.614. The highest BCUT2D eigenvalue weighted by atomic mass is 32.1. The van der Waals surface area contributed by atoms with Crippen molar-refractivity contribution >= 4 is 23.3 Å². The molecule has 0 aliphatic rings. The van der Waals surface area contributed by atoms with E-state index in [9.17, 15) is 4.79 Å². The Morgan fingerprint density at radius 1 is 1.71 bits per heavy atom. The number of anilines is 1. The van der Waals surface area contributed by atoms with Gasteiger partial charge in [0.25, 0.3) is 5.56 Å². The molecule has 1 rings (SSSR count). The molecule has 1 aromatic heterocycles. The van der Waals surface area contributed by atoms with Gasteiger partial charge in [-0.1, -0.05) is 6.92 Å². The third kappa shape index (κ3) is 2.29. The number of hydrogen-bond acceptors (Lipinski definition) is 3. The number of hydrogen-bond donors (Lipinski definition) is 3. The molecule has 76 valence electrons. The van der Waals surface area contributed by atoms with Crippen LogP contribution in [0.25, 0.3) is 0 Å². The maximum absolute atomic E-state index is 11.5. The molecule has 0 fully saturated rings. The fraction of sp³-hybridized carbons (Fsp3) is 0.375. The van der Waals surface area contributed by atoms with Gasteiger partial charge in [-0.05, 0) is 25.6 Å². The molecule has 0 atom stereocenters. The molecule has 0 spiro atoms. The number of rotatable bonds is 2. The Morgan fingerprint density at radius 2 is 2.36 bits per heavy atom. The van der Waals surface area contributed by atoms with Crippen molar-refractivity contribution in [1.82, 2.24) is 9.97 Å². The molecular formula is C8H12N4OS. The summed E-state index contributed by atoms with van der Waals surface area (Å²) >= 11 is 4.63. The number of nitrogens with zero attached hydrogens (tertiary/aromatic N) is 1. The molecule has 0 amide bonds. The second kappa shape index (κ2) is 4.19. The van der Waals surface area contributed by atoms with Crippen molar-refractivity contribution in [3.05, 3.63) is 21.6 Å². The highest BCUT2D eigenvalue weighted by Crippen LogP contribution is 2.02. The molecule has 6 heteroatoms. The van der Waals surface area contributed by atoms with Crippen molar-refractivity contribution in [3.63, 3.8) is 0 Å². The summed E-state index contributed by atoms with van der Waals surface area (Å²) < 4.78 is 0. The number of nitrogens with one attached hydrogen (secondary N) is 2. The van der Waals surface area contributed by atoms with Crippen molar-refractivity contribution in [2.24, 2.45) is 5.73 Å². The Kier molecular flexibility index (Phi) is 3.19. The summed E-state index contributed by atoms with van der Waals surface area (Å²) in [6.45, 7) is 3.68. The van der Waals surface area contributed by atoms with Crippen LogP contribution in [-0.2, 0) is 6.42 Å². The molecule has 0 radical (unpaired) electrons. The summed E-state index contributed by atoms with van der Waals surface area (Å²) in [6.07, 6.45) is 0.654. The Morgan fingerprint density at radius 3 is 2.79 bits per heavy atom. The van der Waals surface area contributed by atoms with E-state index in [2.05, 4.69) is 27.5 Å². The summed E-state index contributed by atoms with van der Waals surface area (Å²) in [5.74, 6) is 0.289. The molecule has 5 nitrogen and oxygen atoms in total. The lowest BCUT2D eigenvalue weighted by atomic mass is 10.2. The van der Waals surface area contributed by atoms with Crippen LogP contribution in [0.3, 0.4) is 0 Å². The van der Waals surface area contributed by atoms with E-state index < -0.39 is 0 Å². The number of aromatic nitrogens is 2. The van der Waals surface area contributed by atoms with Crippen LogP contribution in [0.4, 0.5) is 5.95 Å². The number of aryl methyl sites for hydroxylation is 1. The van der Waals surface area contributed by atoms with Gasteiger partial charge in [-0.2, -0.15) is 0 Å². The van der Waals surface area contributed by atoms with Gasteiger partial charge in [0.15, 0.2) is 5.11 Å². The van der Waals surface area contributed by atoms with E-state index in [1.165, 1.54) is 0 Å². The Balaban J connectivity index is 3.14. The van der Waals surface area contributed by atoms with E-state index in [0.717, 1.165) is 0 Å². The van der Waals surface area contributed by atoms with E-state index in [4.69, 9.17) is 5.73 Å². The molecule has 14 heavy (non-hydrogen) atoms. The third-order valence-electron chi connectivity index (χ3n) is 1.82. The Hall–Kier alpha value is -1.43. The van der Waals surface area contributed by atoms with Gasteiger partial charge in [-0.25, -0.2) is 4.98 Å². The van der Waals surface area contributed by atoms with Crippen LogP contribution in [0.15, 0.2) is 4.79 Å². The molecule has 1 heterocycles. The van der Waals surface area contributed by atoms with E-state index in [0.29, 0.717) is 17.7 Å². The lowest BCUT2D eigenvalue weighted by Crippen LogP contribution is -2.25. The third-order valence-corrected chi connectivity index (χ3v) is 1.92. The van der Waals surface area contributed by atoms with E-state index >= 15 is 0 Å². The standard InChI is InChI=1S/C8H12N4OS/c1-3-5-4(2)10-8(11-6(5)13)12-7(9)14/h3H2,1-2H3,(H4,9,10,11,12,13,14). The second-order valence-corrected chi connectivity index (χ2v) is 3.26. The van der Waals surface area contributed by atoms with Crippen LogP contribution in [0, 0.1) is 6.92 Å². The normalized spacial score (nSPS) is 9.86. The summed E-state index contributed by atoms with van der Waals surface area (Å²) in [5.41, 5.74) is 6.47. The molecule has 0 saturated heterocycles. The lowest BCUT2D eigenvalue weighted by molar-refractivity contribution is 0.969. The van der Waals surface area contributed by atoms with E-state index in [1.807, 2.05) is 6.92 Å². The fourth-order valence-corrected chi connectivity index (χ4v) is 1.30. The first-order chi connectivity index (χ1) is 6.54. The van der Waals surface area contributed by atoms with Crippen molar-refractivity contribution in [1.29, 1.82) is 0 Å². The molecule has 0 aliphatic carbocycles. The molecule has 0 bridgehead atoms. The average Bonchev–Trinajstić information content (AvgIpc) is 2.01. The van der Waals surface area contributed by atoms with Gasteiger partial charge in [0.05, 0.1) is 0 Å². The summed E-state index contributed by atoms with van der Waals surface area (Å²) in [7, 11) is 0. The predicted octanol–water partition coefficient (Wildman–Crippen LogP) is 0.296. The van der Waals surface area contributed by atoms with Gasteiger partial charge in [0, 0.05) is 11.3 Å². The summed E-state index contributed by atoms with van der Waals surface area (Å²) in [6, 6.07) is 0. The minimum atomic E-state index is -0.154. The molecule has 0 unspecified atom stereocenters. The molecule has 0 aliphatic heterocycles. The van der Waals surface area contributed by atoms with Crippen molar-refractivity contribution in [3.8, 4) is 0 Å². The zero-order chi connectivity index (χ0) is 10.7.